The van der Waals surface area contributed by atoms with Gasteiger partial charge < -0.3 is 19.7 Å². The lowest BCUT2D eigenvalue weighted by Gasteiger charge is -2.31. The molecule has 0 saturated carbocycles. The van der Waals surface area contributed by atoms with E-state index in [4.69, 9.17) is 4.74 Å². The van der Waals surface area contributed by atoms with E-state index in [2.05, 4.69) is 9.88 Å². The van der Waals surface area contributed by atoms with Crippen LogP contribution in [0.5, 0.6) is 0 Å². The number of benzene rings is 1. The van der Waals surface area contributed by atoms with Crippen LogP contribution in [-0.4, -0.2) is 75.9 Å². The van der Waals surface area contributed by atoms with Crippen molar-refractivity contribution in [1.29, 1.82) is 0 Å². The third-order valence-electron chi connectivity index (χ3n) is 6.62. The summed E-state index contributed by atoms with van der Waals surface area (Å²) in [6, 6.07) is 4.93. The number of aromatic amines is 1. The zero-order chi connectivity index (χ0) is 24.6. The summed E-state index contributed by atoms with van der Waals surface area (Å²) >= 11 is 0. The number of carbonyl (C=O) groups is 2. The summed E-state index contributed by atoms with van der Waals surface area (Å²) in [5.74, 6) is -1.80. The van der Waals surface area contributed by atoms with Crippen molar-refractivity contribution in [2.45, 2.75) is 26.8 Å². The van der Waals surface area contributed by atoms with Crippen LogP contribution in [0, 0.1) is 30.9 Å². The van der Waals surface area contributed by atoms with Gasteiger partial charge in [0.25, 0.3) is 17.4 Å². The van der Waals surface area contributed by atoms with Gasteiger partial charge in [0.05, 0.1) is 29.8 Å². The summed E-state index contributed by atoms with van der Waals surface area (Å²) in [5, 5.41) is 22.7. The minimum Gasteiger partial charge on any atom is -0.507 e. The van der Waals surface area contributed by atoms with Crippen molar-refractivity contribution in [3.05, 3.63) is 68.0 Å². The molecule has 0 spiro atoms. The molecule has 0 aliphatic carbocycles. The monoisotopic (exact) mass is 468 g/mol. The fraction of sp³-hybridized carbons (Fsp3) is 0.417. The van der Waals surface area contributed by atoms with Gasteiger partial charge in [-0.25, -0.2) is 0 Å². The first-order valence-corrected chi connectivity index (χ1v) is 11.2. The van der Waals surface area contributed by atoms with E-state index in [-0.39, 0.29) is 23.6 Å². The number of aryl methyl sites for hydroxylation is 2. The van der Waals surface area contributed by atoms with Crippen molar-refractivity contribution in [2.24, 2.45) is 0 Å². The maximum atomic E-state index is 13.2. The minimum atomic E-state index is -0.935. The number of rotatable bonds is 6. The first-order valence-electron chi connectivity index (χ1n) is 11.2. The standard InChI is InChI=1S/C24H28N4O6/c1-14-15(2)25-16(3)19(14)22(29)20-21(17-5-4-6-18(13-17)28(32)33)27(24(31)23(20)30)8-7-26-9-11-34-12-10-26/h4-6,13,21,25,29H,7-12H2,1-3H3/b22-20+. The molecule has 1 unspecified atom stereocenters. The van der Waals surface area contributed by atoms with Gasteiger partial charge in [-0.3, -0.25) is 24.6 Å². The van der Waals surface area contributed by atoms with Crippen LogP contribution in [0.4, 0.5) is 5.69 Å². The zero-order valence-corrected chi connectivity index (χ0v) is 19.5. The largest absolute Gasteiger partial charge is 0.507 e. The van der Waals surface area contributed by atoms with E-state index in [1.807, 2.05) is 13.8 Å². The van der Waals surface area contributed by atoms with E-state index in [1.165, 1.54) is 23.1 Å². The van der Waals surface area contributed by atoms with Gasteiger partial charge in [0.1, 0.15) is 5.76 Å². The molecule has 2 aliphatic rings. The van der Waals surface area contributed by atoms with Gasteiger partial charge in [0, 0.05) is 55.3 Å². The SMILES string of the molecule is Cc1[nH]c(C)c(/C(O)=C2\C(=O)C(=O)N(CCN3CCOCC3)C2c2cccc([N+](=O)[O-])c2)c1C. The van der Waals surface area contributed by atoms with Crippen LogP contribution < -0.4 is 0 Å². The first-order chi connectivity index (χ1) is 16.2. The average molecular weight is 469 g/mol. The molecule has 4 rings (SSSR count). The van der Waals surface area contributed by atoms with E-state index in [9.17, 15) is 24.8 Å². The van der Waals surface area contributed by atoms with Crippen LogP contribution in [0.25, 0.3) is 5.76 Å². The van der Waals surface area contributed by atoms with E-state index in [0.29, 0.717) is 49.7 Å². The molecule has 180 valence electrons. The number of carbonyl (C=O) groups excluding carboxylic acids is 2. The summed E-state index contributed by atoms with van der Waals surface area (Å²) in [4.78, 5) is 44.0. The molecule has 34 heavy (non-hydrogen) atoms. The molecule has 10 heteroatoms. The number of amides is 1. The molecule has 2 aliphatic heterocycles. The first kappa shape index (κ1) is 23.7. The van der Waals surface area contributed by atoms with Crippen LogP contribution in [-0.2, 0) is 14.3 Å². The van der Waals surface area contributed by atoms with Crippen LogP contribution >= 0.6 is 0 Å². The highest BCUT2D eigenvalue weighted by molar-refractivity contribution is 6.46. The fourth-order valence-corrected chi connectivity index (χ4v) is 4.74. The molecule has 1 aromatic heterocycles. The summed E-state index contributed by atoms with van der Waals surface area (Å²) in [5.41, 5.74) is 2.95. The highest BCUT2D eigenvalue weighted by atomic mass is 16.6. The van der Waals surface area contributed by atoms with Crippen LogP contribution in [0.1, 0.15) is 34.1 Å². The Hall–Kier alpha value is -3.50. The van der Waals surface area contributed by atoms with E-state index >= 15 is 0 Å². The minimum absolute atomic E-state index is 0.0577. The lowest BCUT2D eigenvalue weighted by Crippen LogP contribution is -2.42. The van der Waals surface area contributed by atoms with Gasteiger partial charge in [0.15, 0.2) is 0 Å². The highest BCUT2D eigenvalue weighted by Crippen LogP contribution is 2.41. The Morgan fingerprint density at radius 1 is 1.18 bits per heavy atom. The number of ether oxygens (including phenoxy) is 1. The van der Waals surface area contributed by atoms with Crippen molar-refractivity contribution in [2.75, 3.05) is 39.4 Å². The molecule has 0 bridgehead atoms. The number of aliphatic hydroxyl groups excluding tert-OH is 1. The fourth-order valence-electron chi connectivity index (χ4n) is 4.74. The van der Waals surface area contributed by atoms with Crippen molar-refractivity contribution in [3.63, 3.8) is 0 Å². The second-order valence-electron chi connectivity index (χ2n) is 8.67. The van der Waals surface area contributed by atoms with Crippen LogP contribution in [0.15, 0.2) is 29.8 Å². The molecule has 2 aromatic rings. The normalized spacial score (nSPS) is 20.8. The number of nitrogens with zero attached hydrogens (tertiary/aromatic N) is 3. The van der Waals surface area contributed by atoms with E-state index < -0.39 is 22.7 Å². The van der Waals surface area contributed by atoms with Crippen LogP contribution in [0.3, 0.4) is 0 Å². The number of likely N-dealkylation sites (tertiary alicyclic amines) is 1. The molecule has 1 amide bonds. The smallest absolute Gasteiger partial charge is 0.295 e. The number of aliphatic hydroxyl groups is 1. The van der Waals surface area contributed by atoms with Gasteiger partial charge in [0.2, 0.25) is 0 Å². The zero-order valence-electron chi connectivity index (χ0n) is 19.5. The van der Waals surface area contributed by atoms with Gasteiger partial charge in [-0.15, -0.1) is 0 Å². The topological polar surface area (TPSA) is 129 Å². The van der Waals surface area contributed by atoms with Crippen molar-refractivity contribution < 1.29 is 24.4 Å². The molecule has 2 saturated heterocycles. The van der Waals surface area contributed by atoms with Crippen molar-refractivity contribution in [3.8, 4) is 0 Å². The molecule has 2 fully saturated rings. The molecular formula is C24H28N4O6. The summed E-state index contributed by atoms with van der Waals surface area (Å²) in [6.07, 6.45) is 0. The number of hydrogen-bond acceptors (Lipinski definition) is 7. The lowest BCUT2D eigenvalue weighted by molar-refractivity contribution is -0.384. The molecule has 1 aromatic carbocycles. The highest BCUT2D eigenvalue weighted by Gasteiger charge is 2.46. The second kappa shape index (κ2) is 9.40. The van der Waals surface area contributed by atoms with E-state index in [0.717, 1.165) is 11.3 Å². The molecular weight excluding hydrogens is 440 g/mol. The maximum absolute atomic E-state index is 13.2. The molecule has 2 N–H and O–H groups in total. The Bertz CT molecular complexity index is 1180. The molecule has 1 atom stereocenters. The van der Waals surface area contributed by atoms with Crippen molar-refractivity contribution >= 4 is 23.1 Å². The number of nitrogens with one attached hydrogen (secondary N) is 1. The van der Waals surface area contributed by atoms with Gasteiger partial charge in [-0.05, 0) is 31.9 Å². The third kappa shape index (κ3) is 4.22. The quantitative estimate of drug-likeness (QED) is 0.219. The lowest BCUT2D eigenvalue weighted by atomic mass is 9.94. The molecule has 3 heterocycles. The molecule has 10 nitrogen and oxygen atoms in total. The number of nitro groups is 1. The van der Waals surface area contributed by atoms with Crippen molar-refractivity contribution in [1.82, 2.24) is 14.8 Å². The second-order valence-corrected chi connectivity index (χ2v) is 8.67. The van der Waals surface area contributed by atoms with Gasteiger partial charge >= 0.3 is 0 Å². The Morgan fingerprint density at radius 3 is 2.50 bits per heavy atom. The summed E-state index contributed by atoms with van der Waals surface area (Å²) in [6.45, 7) is 8.84. The Morgan fingerprint density at radius 2 is 1.88 bits per heavy atom. The molecule has 0 radical (unpaired) electrons. The average Bonchev–Trinajstić information content (AvgIpc) is 3.23. The predicted octanol–water partition coefficient (Wildman–Crippen LogP) is 2.60. The van der Waals surface area contributed by atoms with Crippen LogP contribution in [0.2, 0.25) is 0 Å². The number of H-pyrrole nitrogens is 1. The Labute approximate surface area is 197 Å². The number of morpholine rings is 1. The number of nitro benzene ring substituents is 1. The maximum Gasteiger partial charge on any atom is 0.295 e. The number of hydrogen-bond donors (Lipinski definition) is 2. The number of ketones is 1. The van der Waals surface area contributed by atoms with E-state index in [1.54, 1.807) is 13.0 Å². The Balaban J connectivity index is 1.82. The number of non-ortho nitro benzene ring substituents is 1. The number of Topliss-reactive ketones (excluding diaryl/α,β-unsaturated/α-hetero) is 1. The summed E-state index contributed by atoms with van der Waals surface area (Å²) < 4.78 is 5.37. The number of aromatic nitrogens is 1. The summed E-state index contributed by atoms with van der Waals surface area (Å²) in [7, 11) is 0. The third-order valence-corrected chi connectivity index (χ3v) is 6.62. The Kier molecular flexibility index (Phi) is 6.54. The van der Waals surface area contributed by atoms with Gasteiger partial charge in [-0.1, -0.05) is 12.1 Å². The van der Waals surface area contributed by atoms with Gasteiger partial charge in [-0.2, -0.15) is 0 Å². The predicted molar refractivity (Wildman–Crippen MR) is 124 cm³/mol.